The molecule has 1 aromatic heterocycles. The van der Waals surface area contributed by atoms with Crippen LogP contribution in [0.2, 0.25) is 0 Å². The zero-order valence-corrected chi connectivity index (χ0v) is 11.3. The summed E-state index contributed by atoms with van der Waals surface area (Å²) in [6.07, 6.45) is 2.54. The number of benzene rings is 1. The fourth-order valence-corrected chi connectivity index (χ4v) is 2.32. The molecule has 0 saturated carbocycles. The summed E-state index contributed by atoms with van der Waals surface area (Å²) in [6.45, 7) is 2.09. The van der Waals surface area contributed by atoms with E-state index < -0.39 is 6.10 Å². The fourth-order valence-electron chi connectivity index (χ4n) is 1.86. The van der Waals surface area contributed by atoms with E-state index in [2.05, 4.69) is 35.0 Å². The molecule has 0 saturated heterocycles. The van der Waals surface area contributed by atoms with Crippen LogP contribution in [0.1, 0.15) is 29.4 Å². The van der Waals surface area contributed by atoms with Gasteiger partial charge in [-0.1, -0.05) is 24.3 Å². The monoisotopic (exact) mass is 294 g/mol. The van der Waals surface area contributed by atoms with Crippen molar-refractivity contribution in [3.63, 3.8) is 0 Å². The first-order valence-electron chi connectivity index (χ1n) is 5.64. The standard InChI is InChI=1S/C14H15BrO2/c1-10-4-2-3-5-11(10)6-7-13(16)14-12(15)8-9-17-14/h2-5,8-9,13,16H,6-7H2,1H3. The second-order valence-corrected chi connectivity index (χ2v) is 4.97. The van der Waals surface area contributed by atoms with Gasteiger partial charge in [0.05, 0.1) is 10.7 Å². The molecule has 0 bridgehead atoms. The van der Waals surface area contributed by atoms with Crippen molar-refractivity contribution in [3.8, 4) is 0 Å². The van der Waals surface area contributed by atoms with Crippen molar-refractivity contribution in [2.75, 3.05) is 0 Å². The third-order valence-corrected chi connectivity index (χ3v) is 3.55. The van der Waals surface area contributed by atoms with Crippen molar-refractivity contribution in [3.05, 3.63) is 58.0 Å². The second kappa shape index (κ2) is 5.52. The summed E-state index contributed by atoms with van der Waals surface area (Å²) in [7, 11) is 0. The second-order valence-electron chi connectivity index (χ2n) is 4.11. The molecule has 90 valence electrons. The average Bonchev–Trinajstić information content (AvgIpc) is 2.74. The Morgan fingerprint density at radius 2 is 2.06 bits per heavy atom. The maximum Gasteiger partial charge on any atom is 0.146 e. The van der Waals surface area contributed by atoms with Crippen molar-refractivity contribution in [1.82, 2.24) is 0 Å². The van der Waals surface area contributed by atoms with Gasteiger partial charge in [-0.05, 0) is 52.9 Å². The van der Waals surface area contributed by atoms with Gasteiger partial charge in [0.2, 0.25) is 0 Å². The maximum absolute atomic E-state index is 10.0. The summed E-state index contributed by atoms with van der Waals surface area (Å²) in [5.41, 5.74) is 2.53. The van der Waals surface area contributed by atoms with Crippen molar-refractivity contribution < 1.29 is 9.52 Å². The lowest BCUT2D eigenvalue weighted by atomic mass is 10.0. The Morgan fingerprint density at radius 3 is 2.71 bits per heavy atom. The van der Waals surface area contributed by atoms with Crippen LogP contribution >= 0.6 is 15.9 Å². The first kappa shape index (κ1) is 12.4. The Labute approximate surface area is 109 Å². The minimum atomic E-state index is -0.556. The van der Waals surface area contributed by atoms with Crippen LogP contribution in [0.3, 0.4) is 0 Å². The SMILES string of the molecule is Cc1ccccc1CCC(O)c1occc1Br. The first-order chi connectivity index (χ1) is 8.18. The summed E-state index contributed by atoms with van der Waals surface area (Å²) in [5, 5.41) is 10.0. The number of furan rings is 1. The zero-order valence-electron chi connectivity index (χ0n) is 9.69. The van der Waals surface area contributed by atoms with Gasteiger partial charge in [0, 0.05) is 0 Å². The molecule has 0 spiro atoms. The summed E-state index contributed by atoms with van der Waals surface area (Å²) in [5.74, 6) is 0.610. The zero-order chi connectivity index (χ0) is 12.3. The highest BCUT2D eigenvalue weighted by atomic mass is 79.9. The van der Waals surface area contributed by atoms with E-state index in [4.69, 9.17) is 4.42 Å². The van der Waals surface area contributed by atoms with Gasteiger partial charge in [0.1, 0.15) is 11.9 Å². The molecule has 0 aliphatic rings. The number of hydrogen-bond donors (Lipinski definition) is 1. The van der Waals surface area contributed by atoms with Crippen LogP contribution in [0.15, 0.2) is 45.5 Å². The van der Waals surface area contributed by atoms with Crippen molar-refractivity contribution in [2.45, 2.75) is 25.9 Å². The van der Waals surface area contributed by atoms with E-state index in [0.29, 0.717) is 12.2 Å². The van der Waals surface area contributed by atoms with Gasteiger partial charge in [0.15, 0.2) is 0 Å². The predicted octanol–water partition coefficient (Wildman–Crippen LogP) is 4.02. The minimum Gasteiger partial charge on any atom is -0.465 e. The van der Waals surface area contributed by atoms with E-state index in [1.165, 1.54) is 11.1 Å². The van der Waals surface area contributed by atoms with Crippen molar-refractivity contribution >= 4 is 15.9 Å². The molecule has 1 unspecified atom stereocenters. The van der Waals surface area contributed by atoms with Gasteiger partial charge in [-0.15, -0.1) is 0 Å². The summed E-state index contributed by atoms with van der Waals surface area (Å²) >= 11 is 3.35. The number of aliphatic hydroxyl groups is 1. The Hall–Kier alpha value is -1.06. The highest BCUT2D eigenvalue weighted by Crippen LogP contribution is 2.27. The van der Waals surface area contributed by atoms with E-state index in [1.54, 1.807) is 12.3 Å². The van der Waals surface area contributed by atoms with Gasteiger partial charge in [-0.2, -0.15) is 0 Å². The molecular weight excluding hydrogens is 280 g/mol. The average molecular weight is 295 g/mol. The Morgan fingerprint density at radius 1 is 1.29 bits per heavy atom. The molecule has 1 heterocycles. The number of rotatable bonds is 4. The summed E-state index contributed by atoms with van der Waals surface area (Å²) < 4.78 is 6.08. The Bertz CT molecular complexity index is 490. The van der Waals surface area contributed by atoms with Gasteiger partial charge < -0.3 is 9.52 Å². The minimum absolute atomic E-state index is 0.556. The number of hydrogen-bond acceptors (Lipinski definition) is 2. The lowest BCUT2D eigenvalue weighted by Gasteiger charge is -2.10. The molecule has 1 aromatic carbocycles. The molecule has 0 radical (unpaired) electrons. The van der Waals surface area contributed by atoms with E-state index in [9.17, 15) is 5.11 Å². The molecule has 2 nitrogen and oxygen atoms in total. The van der Waals surface area contributed by atoms with Gasteiger partial charge in [0.25, 0.3) is 0 Å². The highest BCUT2D eigenvalue weighted by Gasteiger charge is 2.14. The summed E-state index contributed by atoms with van der Waals surface area (Å²) in [4.78, 5) is 0. The van der Waals surface area contributed by atoms with Gasteiger partial charge >= 0.3 is 0 Å². The molecule has 1 atom stereocenters. The van der Waals surface area contributed by atoms with Gasteiger partial charge in [-0.25, -0.2) is 0 Å². The van der Waals surface area contributed by atoms with Crippen LogP contribution in [0.4, 0.5) is 0 Å². The van der Waals surface area contributed by atoms with Crippen LogP contribution in [0, 0.1) is 6.92 Å². The van der Waals surface area contributed by atoms with E-state index in [0.717, 1.165) is 10.9 Å². The molecule has 0 aliphatic carbocycles. The molecule has 1 N–H and O–H groups in total. The number of aliphatic hydroxyl groups excluding tert-OH is 1. The summed E-state index contributed by atoms with van der Waals surface area (Å²) in [6, 6.07) is 10.0. The third-order valence-electron chi connectivity index (χ3n) is 2.90. The Kier molecular flexibility index (Phi) is 4.02. The molecule has 2 rings (SSSR count). The normalized spacial score (nSPS) is 12.6. The molecule has 0 amide bonds. The predicted molar refractivity (Wildman–Crippen MR) is 70.9 cm³/mol. The lowest BCUT2D eigenvalue weighted by molar-refractivity contribution is 0.139. The van der Waals surface area contributed by atoms with Crippen molar-refractivity contribution in [1.29, 1.82) is 0 Å². The van der Waals surface area contributed by atoms with Crippen LogP contribution in [-0.4, -0.2) is 5.11 Å². The molecule has 0 aliphatic heterocycles. The molecule has 2 aromatic rings. The first-order valence-corrected chi connectivity index (χ1v) is 6.43. The molecule has 3 heteroatoms. The topological polar surface area (TPSA) is 33.4 Å². The Balaban J connectivity index is 2.00. The third kappa shape index (κ3) is 2.99. The van der Waals surface area contributed by atoms with Gasteiger partial charge in [-0.3, -0.25) is 0 Å². The van der Waals surface area contributed by atoms with Crippen LogP contribution in [0.5, 0.6) is 0 Å². The quantitative estimate of drug-likeness (QED) is 0.924. The molecular formula is C14H15BrO2. The number of aryl methyl sites for hydroxylation is 2. The highest BCUT2D eigenvalue weighted by molar-refractivity contribution is 9.10. The van der Waals surface area contributed by atoms with E-state index in [1.807, 2.05) is 12.1 Å². The van der Waals surface area contributed by atoms with E-state index in [-0.39, 0.29) is 0 Å². The van der Waals surface area contributed by atoms with Crippen LogP contribution in [0.25, 0.3) is 0 Å². The lowest BCUT2D eigenvalue weighted by Crippen LogP contribution is -2.00. The maximum atomic E-state index is 10.0. The molecule has 17 heavy (non-hydrogen) atoms. The largest absolute Gasteiger partial charge is 0.465 e. The van der Waals surface area contributed by atoms with E-state index >= 15 is 0 Å². The van der Waals surface area contributed by atoms with Crippen molar-refractivity contribution in [2.24, 2.45) is 0 Å². The van der Waals surface area contributed by atoms with Crippen LogP contribution in [-0.2, 0) is 6.42 Å². The van der Waals surface area contributed by atoms with Crippen LogP contribution < -0.4 is 0 Å². The molecule has 0 fully saturated rings. The number of halogens is 1. The fraction of sp³-hybridized carbons (Fsp3) is 0.286. The smallest absolute Gasteiger partial charge is 0.146 e.